The van der Waals surface area contributed by atoms with E-state index in [1.807, 2.05) is 0 Å². The van der Waals surface area contributed by atoms with Crippen molar-refractivity contribution >= 4 is 5.78 Å². The van der Waals surface area contributed by atoms with E-state index in [-0.39, 0.29) is 6.04 Å². The van der Waals surface area contributed by atoms with Crippen molar-refractivity contribution in [2.45, 2.75) is 57.5 Å². The number of hydrogen-bond donors (Lipinski definition) is 0. The Morgan fingerprint density at radius 3 is 2.71 bits per heavy atom. The van der Waals surface area contributed by atoms with Crippen LogP contribution in [-0.4, -0.2) is 43.0 Å². The molecule has 2 aliphatic carbocycles. The van der Waals surface area contributed by atoms with Crippen molar-refractivity contribution in [3.63, 3.8) is 0 Å². The van der Waals surface area contributed by atoms with Crippen molar-refractivity contribution in [3.05, 3.63) is 0 Å². The van der Waals surface area contributed by atoms with Gasteiger partial charge in [0.25, 0.3) is 0 Å². The summed E-state index contributed by atoms with van der Waals surface area (Å²) in [6, 6.07) is 0.728. The second kappa shape index (κ2) is 5.96. The number of rotatable bonds is 6. The summed E-state index contributed by atoms with van der Waals surface area (Å²) >= 11 is 0. The smallest absolute Gasteiger partial charge is 0.149 e. The quantitative estimate of drug-likeness (QED) is 0.712. The van der Waals surface area contributed by atoms with Crippen LogP contribution in [0.5, 0.6) is 0 Å². The Labute approximate surface area is 105 Å². The second-order valence-corrected chi connectivity index (χ2v) is 5.54. The highest BCUT2D eigenvalue weighted by Gasteiger charge is 2.37. The SMILES string of the molecule is COCCN(C1CCCCC1=O)C(C)C1CC1. The highest BCUT2D eigenvalue weighted by molar-refractivity contribution is 5.84. The first-order valence-electron chi connectivity index (χ1n) is 7.01. The standard InChI is InChI=1S/C14H25NO2/c1-11(12-7-8-12)15(9-10-17-2)13-5-3-4-6-14(13)16/h11-13H,3-10H2,1-2H3. The van der Waals surface area contributed by atoms with Crippen molar-refractivity contribution in [2.75, 3.05) is 20.3 Å². The van der Waals surface area contributed by atoms with Crippen LogP contribution in [-0.2, 0) is 9.53 Å². The largest absolute Gasteiger partial charge is 0.383 e. The zero-order valence-corrected chi connectivity index (χ0v) is 11.2. The first-order valence-corrected chi connectivity index (χ1v) is 7.01. The molecular weight excluding hydrogens is 214 g/mol. The van der Waals surface area contributed by atoms with Gasteiger partial charge in [-0.15, -0.1) is 0 Å². The zero-order chi connectivity index (χ0) is 12.3. The Morgan fingerprint density at radius 2 is 2.12 bits per heavy atom. The number of carbonyl (C=O) groups excluding carboxylic acids is 1. The average Bonchev–Trinajstić information content (AvgIpc) is 3.15. The van der Waals surface area contributed by atoms with Gasteiger partial charge in [0.2, 0.25) is 0 Å². The van der Waals surface area contributed by atoms with Crippen LogP contribution in [0, 0.1) is 5.92 Å². The van der Waals surface area contributed by atoms with Crippen molar-refractivity contribution in [3.8, 4) is 0 Å². The molecule has 2 aliphatic rings. The maximum atomic E-state index is 12.1. The molecule has 98 valence electrons. The van der Waals surface area contributed by atoms with Gasteiger partial charge in [-0.05, 0) is 38.5 Å². The van der Waals surface area contributed by atoms with E-state index in [1.165, 1.54) is 19.3 Å². The Kier molecular flexibility index (Phi) is 4.57. The van der Waals surface area contributed by atoms with Crippen molar-refractivity contribution in [1.29, 1.82) is 0 Å². The predicted molar refractivity (Wildman–Crippen MR) is 68.0 cm³/mol. The van der Waals surface area contributed by atoms with E-state index >= 15 is 0 Å². The van der Waals surface area contributed by atoms with Gasteiger partial charge < -0.3 is 4.74 Å². The van der Waals surface area contributed by atoms with Gasteiger partial charge in [0.15, 0.2) is 0 Å². The van der Waals surface area contributed by atoms with Crippen molar-refractivity contribution in [2.24, 2.45) is 5.92 Å². The summed E-state index contributed by atoms with van der Waals surface area (Å²) in [5.41, 5.74) is 0. The number of ether oxygens (including phenoxy) is 1. The van der Waals surface area contributed by atoms with Crippen LogP contribution in [0.15, 0.2) is 0 Å². The molecule has 0 radical (unpaired) electrons. The molecule has 0 aromatic rings. The molecule has 0 bridgehead atoms. The number of carbonyl (C=O) groups is 1. The van der Waals surface area contributed by atoms with Crippen molar-refractivity contribution < 1.29 is 9.53 Å². The average molecular weight is 239 g/mol. The molecule has 2 fully saturated rings. The van der Waals surface area contributed by atoms with E-state index in [4.69, 9.17) is 4.74 Å². The highest BCUT2D eigenvalue weighted by atomic mass is 16.5. The molecule has 0 saturated heterocycles. The number of Topliss-reactive ketones (excluding diaryl/α,β-unsaturated/α-hetero) is 1. The summed E-state index contributed by atoms with van der Waals surface area (Å²) in [5.74, 6) is 1.28. The van der Waals surface area contributed by atoms with Gasteiger partial charge in [0.1, 0.15) is 5.78 Å². The van der Waals surface area contributed by atoms with Gasteiger partial charge >= 0.3 is 0 Å². The monoisotopic (exact) mass is 239 g/mol. The fraction of sp³-hybridized carbons (Fsp3) is 0.929. The fourth-order valence-electron chi connectivity index (χ4n) is 3.00. The topological polar surface area (TPSA) is 29.5 Å². The highest BCUT2D eigenvalue weighted by Crippen LogP contribution is 2.37. The lowest BCUT2D eigenvalue weighted by molar-refractivity contribution is -0.127. The number of hydrogen-bond acceptors (Lipinski definition) is 3. The number of ketones is 1. The summed E-state index contributed by atoms with van der Waals surface area (Å²) in [4.78, 5) is 14.5. The van der Waals surface area contributed by atoms with Crippen LogP contribution in [0.25, 0.3) is 0 Å². The molecule has 0 N–H and O–H groups in total. The lowest BCUT2D eigenvalue weighted by Crippen LogP contribution is -2.49. The van der Waals surface area contributed by atoms with Crippen LogP contribution < -0.4 is 0 Å². The lowest BCUT2D eigenvalue weighted by atomic mass is 9.91. The number of nitrogens with zero attached hydrogens (tertiary/aromatic N) is 1. The molecule has 3 nitrogen and oxygen atoms in total. The van der Waals surface area contributed by atoms with Gasteiger partial charge in [0.05, 0.1) is 12.6 Å². The van der Waals surface area contributed by atoms with Crippen LogP contribution in [0.4, 0.5) is 0 Å². The van der Waals surface area contributed by atoms with Crippen LogP contribution in [0.3, 0.4) is 0 Å². The van der Waals surface area contributed by atoms with Gasteiger partial charge in [-0.25, -0.2) is 0 Å². The normalized spacial score (nSPS) is 27.5. The maximum absolute atomic E-state index is 12.1. The maximum Gasteiger partial charge on any atom is 0.149 e. The minimum atomic E-state index is 0.175. The molecule has 2 unspecified atom stereocenters. The fourth-order valence-corrected chi connectivity index (χ4v) is 3.00. The van der Waals surface area contributed by atoms with Gasteiger partial charge in [0, 0.05) is 26.1 Å². The van der Waals surface area contributed by atoms with Crippen LogP contribution >= 0.6 is 0 Å². The van der Waals surface area contributed by atoms with E-state index < -0.39 is 0 Å². The molecule has 0 heterocycles. The third kappa shape index (κ3) is 3.29. The zero-order valence-electron chi connectivity index (χ0n) is 11.2. The second-order valence-electron chi connectivity index (χ2n) is 5.54. The van der Waals surface area contributed by atoms with Gasteiger partial charge in [-0.2, -0.15) is 0 Å². The Bertz CT molecular complexity index is 263. The summed E-state index contributed by atoms with van der Waals surface area (Å²) in [6.07, 6.45) is 6.81. The van der Waals surface area contributed by atoms with Crippen molar-refractivity contribution in [1.82, 2.24) is 4.90 Å². The molecule has 2 rings (SSSR count). The summed E-state index contributed by atoms with van der Waals surface area (Å²) in [7, 11) is 1.74. The molecular formula is C14H25NO2. The first-order chi connectivity index (χ1) is 8.24. The van der Waals surface area contributed by atoms with E-state index in [0.717, 1.165) is 38.3 Å². The number of methoxy groups -OCH3 is 1. The van der Waals surface area contributed by atoms with Crippen LogP contribution in [0.2, 0.25) is 0 Å². The minimum absolute atomic E-state index is 0.175. The first kappa shape index (κ1) is 13.0. The Morgan fingerprint density at radius 1 is 1.35 bits per heavy atom. The molecule has 17 heavy (non-hydrogen) atoms. The lowest BCUT2D eigenvalue weighted by Gasteiger charge is -2.37. The van der Waals surface area contributed by atoms with E-state index in [1.54, 1.807) is 7.11 Å². The third-order valence-corrected chi connectivity index (χ3v) is 4.30. The molecule has 2 atom stereocenters. The molecule has 3 heteroatoms. The summed E-state index contributed by atoms with van der Waals surface area (Å²) < 4.78 is 5.20. The van der Waals surface area contributed by atoms with Crippen LogP contribution in [0.1, 0.15) is 45.4 Å². The molecule has 0 spiro atoms. The van der Waals surface area contributed by atoms with Gasteiger partial charge in [-0.3, -0.25) is 9.69 Å². The summed E-state index contributed by atoms with van der Waals surface area (Å²) in [6.45, 7) is 3.93. The molecule has 0 aromatic carbocycles. The Hall–Kier alpha value is -0.410. The van der Waals surface area contributed by atoms with E-state index in [9.17, 15) is 4.79 Å². The van der Waals surface area contributed by atoms with E-state index in [2.05, 4.69) is 11.8 Å². The van der Waals surface area contributed by atoms with E-state index in [0.29, 0.717) is 11.8 Å². The molecule has 0 aliphatic heterocycles. The Balaban J connectivity index is 1.98. The van der Waals surface area contributed by atoms with Gasteiger partial charge in [-0.1, -0.05) is 6.42 Å². The molecule has 0 amide bonds. The summed E-state index contributed by atoms with van der Waals surface area (Å²) in [5, 5.41) is 0. The predicted octanol–water partition coefficient (Wildman–Crippen LogP) is 2.25. The minimum Gasteiger partial charge on any atom is -0.383 e. The molecule has 0 aromatic heterocycles. The molecule has 2 saturated carbocycles. The third-order valence-electron chi connectivity index (χ3n) is 4.30.